The maximum absolute atomic E-state index is 6.64. The Hall–Kier alpha value is -3.86. The third kappa shape index (κ3) is 11.1. The lowest BCUT2D eigenvalue weighted by Crippen LogP contribution is -2.07. The minimum Gasteiger partial charge on any atom is -0.493 e. The summed E-state index contributed by atoms with van der Waals surface area (Å²) in [5, 5.41) is 0.898. The van der Waals surface area contributed by atoms with Crippen molar-refractivity contribution in [2.24, 2.45) is 0 Å². The van der Waals surface area contributed by atoms with Gasteiger partial charge in [0.05, 0.1) is 53.4 Å². The SMILES string of the molecule is CCOCCOC/C=C/c1cc(OCCOCC)c2oc(-c3ccc(OCCOCC)c(OC)c3)c(COCc3ccccc3)c2c1. The first-order valence-corrected chi connectivity index (χ1v) is 16.3. The van der Waals surface area contributed by atoms with Crippen LogP contribution in [0.3, 0.4) is 0 Å². The maximum Gasteiger partial charge on any atom is 0.177 e. The molecule has 0 saturated carbocycles. The molecule has 0 atom stereocenters. The Morgan fingerprint density at radius 3 is 2.02 bits per heavy atom. The first-order chi connectivity index (χ1) is 23.2. The number of ether oxygens (including phenoxy) is 8. The zero-order valence-corrected chi connectivity index (χ0v) is 28.1. The first-order valence-electron chi connectivity index (χ1n) is 16.3. The van der Waals surface area contributed by atoms with E-state index < -0.39 is 0 Å². The molecule has 0 saturated heterocycles. The quantitative estimate of drug-likeness (QED) is 0.0751. The van der Waals surface area contributed by atoms with E-state index >= 15 is 0 Å². The minimum absolute atomic E-state index is 0.318. The predicted octanol–water partition coefficient (Wildman–Crippen LogP) is 7.72. The second-order valence-electron chi connectivity index (χ2n) is 10.4. The van der Waals surface area contributed by atoms with Crippen LogP contribution < -0.4 is 14.2 Å². The van der Waals surface area contributed by atoms with Crippen molar-refractivity contribution in [3.8, 4) is 28.6 Å². The van der Waals surface area contributed by atoms with Crippen LogP contribution in [-0.4, -0.2) is 73.2 Å². The standard InChI is InChI=1S/C38H48O9/c1-5-40-18-19-43-17-11-14-30-24-32-33(28-44-27-29-12-9-8-10-13-29)37(47-38(32)36(25-30)46-23-21-42-7-3)31-15-16-34(35(26-31)39-4)45-22-20-41-6-2/h8-16,24-26H,5-7,17-23,27-28H2,1-4H3/b14-11+. The van der Waals surface area contributed by atoms with Crippen LogP contribution in [0.15, 0.2) is 71.2 Å². The van der Waals surface area contributed by atoms with Crippen molar-refractivity contribution in [3.63, 3.8) is 0 Å². The van der Waals surface area contributed by atoms with E-state index in [1.165, 1.54) is 0 Å². The molecule has 0 amide bonds. The van der Waals surface area contributed by atoms with Crippen LogP contribution in [0.2, 0.25) is 0 Å². The fourth-order valence-corrected chi connectivity index (χ4v) is 4.90. The Bertz CT molecular complexity index is 1500. The molecular weight excluding hydrogens is 600 g/mol. The number of hydrogen-bond acceptors (Lipinski definition) is 9. The normalized spacial score (nSPS) is 11.5. The molecule has 0 aliphatic rings. The topological polar surface area (TPSA) is 87.0 Å². The Morgan fingerprint density at radius 2 is 1.32 bits per heavy atom. The molecule has 47 heavy (non-hydrogen) atoms. The van der Waals surface area contributed by atoms with Crippen molar-refractivity contribution in [2.45, 2.75) is 34.0 Å². The molecule has 0 spiro atoms. The number of benzene rings is 3. The molecule has 254 valence electrons. The average molecular weight is 649 g/mol. The molecule has 4 rings (SSSR count). The molecule has 3 aromatic carbocycles. The van der Waals surface area contributed by atoms with E-state index in [0.29, 0.717) is 108 Å². The van der Waals surface area contributed by atoms with Gasteiger partial charge in [0.1, 0.15) is 19.0 Å². The van der Waals surface area contributed by atoms with Crippen LogP contribution in [0.5, 0.6) is 17.2 Å². The highest BCUT2D eigenvalue weighted by Crippen LogP contribution is 2.42. The number of methoxy groups -OCH3 is 1. The summed E-state index contributed by atoms with van der Waals surface area (Å²) in [5.74, 6) is 2.52. The maximum atomic E-state index is 6.64. The van der Waals surface area contributed by atoms with Gasteiger partial charge < -0.3 is 42.3 Å². The summed E-state index contributed by atoms with van der Waals surface area (Å²) >= 11 is 0. The van der Waals surface area contributed by atoms with Crippen molar-refractivity contribution in [3.05, 3.63) is 83.4 Å². The predicted molar refractivity (Wildman–Crippen MR) is 183 cm³/mol. The van der Waals surface area contributed by atoms with Crippen LogP contribution in [0.4, 0.5) is 0 Å². The van der Waals surface area contributed by atoms with E-state index in [4.69, 9.17) is 42.3 Å². The van der Waals surface area contributed by atoms with E-state index in [1.807, 2.05) is 87.5 Å². The van der Waals surface area contributed by atoms with Gasteiger partial charge in [-0.1, -0.05) is 42.5 Å². The molecule has 0 aliphatic heterocycles. The van der Waals surface area contributed by atoms with Gasteiger partial charge in [-0.05, 0) is 62.2 Å². The highest BCUT2D eigenvalue weighted by atomic mass is 16.5. The molecule has 0 fully saturated rings. The Morgan fingerprint density at radius 1 is 0.638 bits per heavy atom. The zero-order chi connectivity index (χ0) is 33.1. The third-order valence-corrected chi connectivity index (χ3v) is 7.14. The molecule has 4 aromatic rings. The van der Waals surface area contributed by atoms with Gasteiger partial charge in [0.2, 0.25) is 0 Å². The minimum atomic E-state index is 0.318. The average Bonchev–Trinajstić information content (AvgIpc) is 3.47. The Balaban J connectivity index is 1.71. The third-order valence-electron chi connectivity index (χ3n) is 7.14. The fraction of sp³-hybridized carbons (Fsp3) is 0.421. The van der Waals surface area contributed by atoms with Gasteiger partial charge in [-0.15, -0.1) is 0 Å². The molecule has 0 bridgehead atoms. The molecule has 1 aromatic heterocycles. The first kappa shape index (κ1) is 36.0. The van der Waals surface area contributed by atoms with Crippen molar-refractivity contribution in [1.82, 2.24) is 0 Å². The monoisotopic (exact) mass is 648 g/mol. The molecule has 9 nitrogen and oxygen atoms in total. The number of rotatable bonds is 23. The van der Waals surface area contributed by atoms with Crippen molar-refractivity contribution in [2.75, 3.05) is 73.2 Å². The van der Waals surface area contributed by atoms with Gasteiger partial charge in [-0.3, -0.25) is 0 Å². The lowest BCUT2D eigenvalue weighted by atomic mass is 10.0. The van der Waals surface area contributed by atoms with Crippen molar-refractivity contribution in [1.29, 1.82) is 0 Å². The van der Waals surface area contributed by atoms with Crippen molar-refractivity contribution >= 4 is 17.0 Å². The Labute approximate surface area is 278 Å². The van der Waals surface area contributed by atoms with Crippen molar-refractivity contribution < 1.29 is 42.3 Å². The summed E-state index contributed by atoms with van der Waals surface area (Å²) in [6, 6.07) is 20.0. The summed E-state index contributed by atoms with van der Waals surface area (Å²) in [6.07, 6.45) is 4.01. The van der Waals surface area contributed by atoms with Gasteiger partial charge in [-0.25, -0.2) is 0 Å². The summed E-state index contributed by atoms with van der Waals surface area (Å²) in [6.45, 7) is 11.9. The molecule has 0 unspecified atom stereocenters. The summed E-state index contributed by atoms with van der Waals surface area (Å²) in [4.78, 5) is 0. The summed E-state index contributed by atoms with van der Waals surface area (Å²) < 4.78 is 52.8. The van der Waals surface area contributed by atoms with Crippen LogP contribution in [0, 0.1) is 0 Å². The van der Waals surface area contributed by atoms with Gasteiger partial charge in [0.15, 0.2) is 22.8 Å². The van der Waals surface area contributed by atoms with Crippen LogP contribution in [-0.2, 0) is 36.9 Å². The number of furan rings is 1. The highest BCUT2D eigenvalue weighted by molar-refractivity contribution is 5.93. The molecular formula is C38H48O9. The largest absolute Gasteiger partial charge is 0.493 e. The lowest BCUT2D eigenvalue weighted by Gasteiger charge is -2.12. The zero-order valence-electron chi connectivity index (χ0n) is 28.1. The summed E-state index contributed by atoms with van der Waals surface area (Å²) in [7, 11) is 1.63. The fourth-order valence-electron chi connectivity index (χ4n) is 4.90. The van der Waals surface area contributed by atoms with Crippen LogP contribution >= 0.6 is 0 Å². The molecule has 0 radical (unpaired) electrons. The van der Waals surface area contributed by atoms with Gasteiger partial charge in [0, 0.05) is 36.3 Å². The van der Waals surface area contributed by atoms with E-state index in [2.05, 4.69) is 6.07 Å². The molecule has 1 heterocycles. The van der Waals surface area contributed by atoms with E-state index in [1.54, 1.807) is 7.11 Å². The highest BCUT2D eigenvalue weighted by Gasteiger charge is 2.22. The molecule has 0 aliphatic carbocycles. The van der Waals surface area contributed by atoms with Gasteiger partial charge >= 0.3 is 0 Å². The second-order valence-corrected chi connectivity index (χ2v) is 10.4. The van der Waals surface area contributed by atoms with Gasteiger partial charge in [-0.2, -0.15) is 0 Å². The van der Waals surface area contributed by atoms with E-state index in [-0.39, 0.29) is 0 Å². The lowest BCUT2D eigenvalue weighted by molar-refractivity contribution is 0.0645. The van der Waals surface area contributed by atoms with Crippen LogP contribution in [0.1, 0.15) is 37.5 Å². The number of hydrogen-bond donors (Lipinski definition) is 0. The van der Waals surface area contributed by atoms with E-state index in [9.17, 15) is 0 Å². The summed E-state index contributed by atoms with van der Waals surface area (Å²) in [5.41, 5.74) is 4.40. The Kier molecular flexibility index (Phi) is 15.6. The molecule has 0 N–H and O–H groups in total. The second kappa shape index (κ2) is 20.4. The smallest absolute Gasteiger partial charge is 0.177 e. The molecule has 9 heteroatoms. The number of fused-ring (bicyclic) bond motifs is 1. The van der Waals surface area contributed by atoms with E-state index in [0.717, 1.165) is 27.6 Å². The van der Waals surface area contributed by atoms with Gasteiger partial charge in [0.25, 0.3) is 0 Å². The van der Waals surface area contributed by atoms with Crippen LogP contribution in [0.25, 0.3) is 28.4 Å².